The Morgan fingerprint density at radius 3 is 2.43 bits per heavy atom. The van der Waals surface area contributed by atoms with Crippen molar-refractivity contribution in [2.24, 2.45) is 5.41 Å². The van der Waals surface area contributed by atoms with Crippen LogP contribution in [0.1, 0.15) is 39.7 Å². The molecule has 2 atom stereocenters. The monoisotopic (exact) mass is 290 g/mol. The van der Waals surface area contributed by atoms with Crippen LogP contribution in [0.3, 0.4) is 0 Å². The van der Waals surface area contributed by atoms with Gasteiger partial charge >= 0.3 is 0 Å². The van der Waals surface area contributed by atoms with E-state index in [0.717, 1.165) is 25.4 Å². The summed E-state index contributed by atoms with van der Waals surface area (Å²) in [7, 11) is 1.72. The van der Waals surface area contributed by atoms with Crippen LogP contribution in [0.15, 0.2) is 24.3 Å². The van der Waals surface area contributed by atoms with Crippen molar-refractivity contribution in [1.29, 1.82) is 0 Å². The lowest BCUT2D eigenvalue weighted by atomic mass is 9.83. The summed E-state index contributed by atoms with van der Waals surface area (Å²) in [5.74, 6) is 0.929. The van der Waals surface area contributed by atoms with E-state index in [-0.39, 0.29) is 5.41 Å². The Balaban J connectivity index is 2.11. The second-order valence-electron chi connectivity index (χ2n) is 7.17. The molecule has 0 aliphatic carbocycles. The number of rotatable bonds is 4. The molecule has 2 unspecified atom stereocenters. The van der Waals surface area contributed by atoms with Crippen LogP contribution < -0.4 is 10.1 Å². The molecule has 1 aliphatic heterocycles. The molecule has 3 heteroatoms. The Kier molecular flexibility index (Phi) is 5.28. The molecule has 1 heterocycles. The fourth-order valence-corrected chi connectivity index (χ4v) is 3.15. The summed E-state index contributed by atoms with van der Waals surface area (Å²) in [4.78, 5) is 2.65. The van der Waals surface area contributed by atoms with Crippen LogP contribution in [0.4, 0.5) is 0 Å². The van der Waals surface area contributed by atoms with Crippen molar-refractivity contribution in [3.05, 3.63) is 29.8 Å². The van der Waals surface area contributed by atoms with E-state index in [9.17, 15) is 0 Å². The number of ether oxygens (including phenoxy) is 1. The fourth-order valence-electron chi connectivity index (χ4n) is 3.15. The number of benzene rings is 1. The van der Waals surface area contributed by atoms with Crippen molar-refractivity contribution in [3.63, 3.8) is 0 Å². The summed E-state index contributed by atoms with van der Waals surface area (Å²) < 4.78 is 5.25. The predicted octanol–water partition coefficient (Wildman–Crippen LogP) is 3.29. The Labute approximate surface area is 129 Å². The van der Waals surface area contributed by atoms with Gasteiger partial charge in [0.15, 0.2) is 0 Å². The lowest BCUT2D eigenvalue weighted by Gasteiger charge is -2.46. The standard InChI is InChI=1S/C18H30N2O/c1-6-15-13-20(17(11-19-15)18(2,3)4)12-14-7-9-16(21-5)10-8-14/h7-10,15,17,19H,6,11-13H2,1-5H3. The normalized spacial score (nSPS) is 24.0. The first kappa shape index (κ1) is 16.3. The van der Waals surface area contributed by atoms with Gasteiger partial charge in [-0.3, -0.25) is 4.90 Å². The van der Waals surface area contributed by atoms with Gasteiger partial charge in [-0.15, -0.1) is 0 Å². The summed E-state index contributed by atoms with van der Waals surface area (Å²) in [6.45, 7) is 12.5. The molecule has 0 spiro atoms. The number of hydrogen-bond donors (Lipinski definition) is 1. The molecule has 3 nitrogen and oxygen atoms in total. The lowest BCUT2D eigenvalue weighted by molar-refractivity contribution is 0.0485. The van der Waals surface area contributed by atoms with Crippen molar-refractivity contribution < 1.29 is 4.74 Å². The van der Waals surface area contributed by atoms with Crippen LogP contribution in [0, 0.1) is 5.41 Å². The van der Waals surface area contributed by atoms with Gasteiger partial charge in [0.2, 0.25) is 0 Å². The minimum Gasteiger partial charge on any atom is -0.497 e. The minimum atomic E-state index is 0.290. The highest BCUT2D eigenvalue weighted by Crippen LogP contribution is 2.28. The molecule has 0 aromatic heterocycles. The quantitative estimate of drug-likeness (QED) is 0.921. The van der Waals surface area contributed by atoms with Crippen molar-refractivity contribution in [2.75, 3.05) is 20.2 Å². The van der Waals surface area contributed by atoms with Crippen molar-refractivity contribution in [2.45, 2.75) is 52.7 Å². The lowest BCUT2D eigenvalue weighted by Crippen LogP contribution is -2.59. The van der Waals surface area contributed by atoms with E-state index >= 15 is 0 Å². The molecule has 2 rings (SSSR count). The van der Waals surface area contributed by atoms with Gasteiger partial charge in [0.05, 0.1) is 7.11 Å². The maximum atomic E-state index is 5.25. The highest BCUT2D eigenvalue weighted by atomic mass is 16.5. The van der Waals surface area contributed by atoms with E-state index in [4.69, 9.17) is 4.74 Å². The van der Waals surface area contributed by atoms with E-state index in [1.807, 2.05) is 0 Å². The first-order valence-corrected chi connectivity index (χ1v) is 8.04. The molecule has 1 aromatic carbocycles. The molecule has 1 N–H and O–H groups in total. The summed E-state index contributed by atoms with van der Waals surface area (Å²) in [5.41, 5.74) is 1.65. The zero-order chi connectivity index (χ0) is 15.5. The van der Waals surface area contributed by atoms with Crippen molar-refractivity contribution in [3.8, 4) is 5.75 Å². The Hall–Kier alpha value is -1.06. The number of methoxy groups -OCH3 is 1. The second-order valence-corrected chi connectivity index (χ2v) is 7.17. The summed E-state index contributed by atoms with van der Waals surface area (Å²) in [5, 5.41) is 3.70. The van der Waals surface area contributed by atoms with E-state index in [1.54, 1.807) is 7.11 Å². The summed E-state index contributed by atoms with van der Waals surface area (Å²) >= 11 is 0. The first-order chi connectivity index (χ1) is 9.94. The third kappa shape index (κ3) is 4.21. The number of nitrogens with one attached hydrogen (secondary N) is 1. The maximum Gasteiger partial charge on any atom is 0.118 e. The molecule has 1 saturated heterocycles. The smallest absolute Gasteiger partial charge is 0.118 e. The second kappa shape index (κ2) is 6.80. The third-order valence-corrected chi connectivity index (χ3v) is 4.53. The largest absolute Gasteiger partial charge is 0.497 e. The van der Waals surface area contributed by atoms with Gasteiger partial charge in [-0.25, -0.2) is 0 Å². The number of piperazine rings is 1. The molecule has 118 valence electrons. The molecule has 0 radical (unpaired) electrons. The van der Waals surface area contributed by atoms with E-state index in [2.05, 4.69) is 62.2 Å². The Bertz CT molecular complexity index is 436. The first-order valence-electron chi connectivity index (χ1n) is 8.04. The molecule has 0 bridgehead atoms. The summed E-state index contributed by atoms with van der Waals surface area (Å²) in [6.07, 6.45) is 1.19. The van der Waals surface area contributed by atoms with Crippen LogP contribution in [-0.4, -0.2) is 37.2 Å². The highest BCUT2D eigenvalue weighted by molar-refractivity contribution is 5.27. The molecule has 0 saturated carbocycles. The van der Waals surface area contributed by atoms with Crippen LogP contribution in [0.25, 0.3) is 0 Å². The topological polar surface area (TPSA) is 24.5 Å². The van der Waals surface area contributed by atoms with Gasteiger partial charge in [-0.1, -0.05) is 39.8 Å². The van der Waals surface area contributed by atoms with Crippen LogP contribution in [0.2, 0.25) is 0 Å². The molecule has 1 fully saturated rings. The molecule has 1 aliphatic rings. The molecule has 0 amide bonds. The van der Waals surface area contributed by atoms with E-state index < -0.39 is 0 Å². The van der Waals surface area contributed by atoms with Gasteiger partial charge in [-0.2, -0.15) is 0 Å². The van der Waals surface area contributed by atoms with Crippen LogP contribution in [0.5, 0.6) is 5.75 Å². The zero-order valence-corrected chi connectivity index (χ0v) is 14.1. The van der Waals surface area contributed by atoms with Gasteiger partial charge in [-0.05, 0) is 29.5 Å². The Morgan fingerprint density at radius 1 is 1.24 bits per heavy atom. The SMILES string of the molecule is CCC1CN(Cc2ccc(OC)cc2)C(C(C)(C)C)CN1. The van der Waals surface area contributed by atoms with Gasteiger partial charge in [0, 0.05) is 31.7 Å². The third-order valence-electron chi connectivity index (χ3n) is 4.53. The van der Waals surface area contributed by atoms with Crippen LogP contribution in [-0.2, 0) is 6.54 Å². The number of nitrogens with zero attached hydrogens (tertiary/aromatic N) is 1. The molecular weight excluding hydrogens is 260 g/mol. The van der Waals surface area contributed by atoms with Crippen LogP contribution >= 0.6 is 0 Å². The average molecular weight is 290 g/mol. The fraction of sp³-hybridized carbons (Fsp3) is 0.667. The molecule has 1 aromatic rings. The van der Waals surface area contributed by atoms with Gasteiger partial charge in [0.25, 0.3) is 0 Å². The maximum absolute atomic E-state index is 5.25. The van der Waals surface area contributed by atoms with Crippen molar-refractivity contribution in [1.82, 2.24) is 10.2 Å². The van der Waals surface area contributed by atoms with E-state index in [1.165, 1.54) is 12.0 Å². The van der Waals surface area contributed by atoms with Gasteiger partial charge in [0.1, 0.15) is 5.75 Å². The zero-order valence-electron chi connectivity index (χ0n) is 14.1. The van der Waals surface area contributed by atoms with E-state index in [0.29, 0.717) is 12.1 Å². The molecule has 21 heavy (non-hydrogen) atoms. The molecular formula is C18H30N2O. The highest BCUT2D eigenvalue weighted by Gasteiger charge is 2.34. The van der Waals surface area contributed by atoms with Crippen molar-refractivity contribution >= 4 is 0 Å². The average Bonchev–Trinajstić information content (AvgIpc) is 2.46. The summed E-state index contributed by atoms with van der Waals surface area (Å²) in [6, 6.07) is 9.66. The minimum absolute atomic E-state index is 0.290. The predicted molar refractivity (Wildman–Crippen MR) is 88.7 cm³/mol. The number of hydrogen-bond acceptors (Lipinski definition) is 3. The van der Waals surface area contributed by atoms with Gasteiger partial charge < -0.3 is 10.1 Å². The Morgan fingerprint density at radius 2 is 1.90 bits per heavy atom.